The SMILES string of the molecule is COc1cc(CNC(=O)CN2C(=O)[C@H]3CC=CC[C@@H]3C2=O)cc(OC)c1OC. The molecule has 1 fully saturated rings. The van der Waals surface area contributed by atoms with E-state index in [1.54, 1.807) is 12.1 Å². The fourth-order valence-electron chi connectivity index (χ4n) is 3.66. The van der Waals surface area contributed by atoms with Crippen molar-refractivity contribution >= 4 is 17.7 Å². The van der Waals surface area contributed by atoms with E-state index in [0.717, 1.165) is 10.5 Å². The van der Waals surface area contributed by atoms with Crippen LogP contribution in [0.5, 0.6) is 17.2 Å². The van der Waals surface area contributed by atoms with Crippen LogP contribution in [0.15, 0.2) is 24.3 Å². The van der Waals surface area contributed by atoms with E-state index in [4.69, 9.17) is 14.2 Å². The molecule has 150 valence electrons. The molecular weight excluding hydrogens is 364 g/mol. The van der Waals surface area contributed by atoms with Gasteiger partial charge in [0, 0.05) is 6.54 Å². The Morgan fingerprint density at radius 2 is 1.54 bits per heavy atom. The second-order valence-corrected chi connectivity index (χ2v) is 6.73. The number of carbonyl (C=O) groups excluding carboxylic acids is 3. The number of allylic oxidation sites excluding steroid dienone is 2. The van der Waals surface area contributed by atoms with E-state index < -0.39 is 5.91 Å². The minimum Gasteiger partial charge on any atom is -0.493 e. The van der Waals surface area contributed by atoms with Crippen LogP contribution in [0.1, 0.15) is 18.4 Å². The first-order chi connectivity index (χ1) is 13.5. The number of likely N-dealkylation sites (tertiary alicyclic amines) is 1. The molecule has 0 unspecified atom stereocenters. The number of rotatable bonds is 7. The molecule has 1 N–H and O–H groups in total. The molecular formula is C20H24N2O6. The van der Waals surface area contributed by atoms with Crippen LogP contribution in [0.4, 0.5) is 0 Å². The maximum absolute atomic E-state index is 12.4. The van der Waals surface area contributed by atoms with E-state index in [1.165, 1.54) is 21.3 Å². The van der Waals surface area contributed by atoms with Gasteiger partial charge in [0.2, 0.25) is 23.5 Å². The molecule has 2 aliphatic rings. The summed E-state index contributed by atoms with van der Waals surface area (Å²) in [6.45, 7) is -0.0741. The quantitative estimate of drug-likeness (QED) is 0.559. The van der Waals surface area contributed by atoms with Crippen molar-refractivity contribution in [2.45, 2.75) is 19.4 Å². The molecule has 1 aliphatic carbocycles. The summed E-state index contributed by atoms with van der Waals surface area (Å²) in [4.78, 5) is 38.3. The van der Waals surface area contributed by atoms with Crippen molar-refractivity contribution in [2.24, 2.45) is 11.8 Å². The number of imide groups is 1. The van der Waals surface area contributed by atoms with E-state index in [2.05, 4.69) is 5.32 Å². The van der Waals surface area contributed by atoms with Crippen LogP contribution in [-0.4, -0.2) is 50.5 Å². The molecule has 0 aromatic heterocycles. The Kier molecular flexibility index (Phi) is 5.87. The summed E-state index contributed by atoms with van der Waals surface area (Å²) in [5, 5.41) is 2.74. The third kappa shape index (κ3) is 3.67. The molecule has 8 nitrogen and oxygen atoms in total. The summed E-state index contributed by atoms with van der Waals surface area (Å²) >= 11 is 0. The van der Waals surface area contributed by atoms with Crippen LogP contribution in [-0.2, 0) is 20.9 Å². The van der Waals surface area contributed by atoms with Gasteiger partial charge in [0.15, 0.2) is 11.5 Å². The predicted octanol–water partition coefficient (Wildman–Crippen LogP) is 1.28. The summed E-state index contributed by atoms with van der Waals surface area (Å²) < 4.78 is 15.9. The minimum atomic E-state index is -0.401. The minimum absolute atomic E-state index is 0.195. The van der Waals surface area contributed by atoms with Crippen LogP contribution < -0.4 is 19.5 Å². The van der Waals surface area contributed by atoms with Gasteiger partial charge >= 0.3 is 0 Å². The van der Waals surface area contributed by atoms with Gasteiger partial charge in [0.1, 0.15) is 6.54 Å². The lowest BCUT2D eigenvalue weighted by Crippen LogP contribution is -2.40. The largest absolute Gasteiger partial charge is 0.493 e. The van der Waals surface area contributed by atoms with Crippen LogP contribution in [0.2, 0.25) is 0 Å². The first-order valence-electron chi connectivity index (χ1n) is 9.06. The van der Waals surface area contributed by atoms with E-state index in [0.29, 0.717) is 30.1 Å². The number of benzene rings is 1. The zero-order valence-corrected chi connectivity index (χ0v) is 16.2. The molecule has 3 rings (SSSR count). The van der Waals surface area contributed by atoms with Crippen molar-refractivity contribution in [3.05, 3.63) is 29.8 Å². The number of amides is 3. The smallest absolute Gasteiger partial charge is 0.240 e. The molecule has 0 saturated carbocycles. The van der Waals surface area contributed by atoms with Gasteiger partial charge in [-0.25, -0.2) is 0 Å². The van der Waals surface area contributed by atoms with Crippen molar-refractivity contribution in [2.75, 3.05) is 27.9 Å². The van der Waals surface area contributed by atoms with Crippen molar-refractivity contribution in [3.63, 3.8) is 0 Å². The molecule has 0 bridgehead atoms. The van der Waals surface area contributed by atoms with E-state index >= 15 is 0 Å². The molecule has 8 heteroatoms. The first kappa shape index (κ1) is 19.7. The highest BCUT2D eigenvalue weighted by molar-refractivity contribution is 6.07. The van der Waals surface area contributed by atoms with Crippen molar-refractivity contribution < 1.29 is 28.6 Å². The number of hydrogen-bond acceptors (Lipinski definition) is 6. The average Bonchev–Trinajstić information content (AvgIpc) is 2.96. The molecule has 0 radical (unpaired) electrons. The van der Waals surface area contributed by atoms with Gasteiger partial charge < -0.3 is 19.5 Å². The van der Waals surface area contributed by atoms with Gasteiger partial charge in [0.05, 0.1) is 33.2 Å². The fourth-order valence-corrected chi connectivity index (χ4v) is 3.66. The third-order valence-corrected chi connectivity index (χ3v) is 5.11. The van der Waals surface area contributed by atoms with Crippen molar-refractivity contribution in [3.8, 4) is 17.2 Å². The highest BCUT2D eigenvalue weighted by atomic mass is 16.5. The number of nitrogens with one attached hydrogen (secondary N) is 1. The Balaban J connectivity index is 1.63. The van der Waals surface area contributed by atoms with Gasteiger partial charge in [-0.15, -0.1) is 0 Å². The number of methoxy groups -OCH3 is 3. The zero-order valence-electron chi connectivity index (χ0n) is 16.2. The first-order valence-corrected chi connectivity index (χ1v) is 9.06. The van der Waals surface area contributed by atoms with Crippen molar-refractivity contribution in [1.29, 1.82) is 0 Å². The average molecular weight is 388 g/mol. The molecule has 1 aromatic rings. The normalized spacial score (nSPS) is 20.8. The van der Waals surface area contributed by atoms with E-state index in [9.17, 15) is 14.4 Å². The topological polar surface area (TPSA) is 94.2 Å². The number of fused-ring (bicyclic) bond motifs is 1. The van der Waals surface area contributed by atoms with Crippen LogP contribution >= 0.6 is 0 Å². The molecule has 1 aliphatic heterocycles. The van der Waals surface area contributed by atoms with E-state index in [1.807, 2.05) is 12.2 Å². The van der Waals surface area contributed by atoms with Crippen molar-refractivity contribution in [1.82, 2.24) is 10.2 Å². The Hall–Kier alpha value is -3.03. The number of carbonyl (C=O) groups is 3. The molecule has 0 spiro atoms. The summed E-state index contributed by atoms with van der Waals surface area (Å²) in [6.07, 6.45) is 4.94. The lowest BCUT2D eigenvalue weighted by molar-refractivity contribution is -0.143. The van der Waals surface area contributed by atoms with Gasteiger partial charge in [-0.05, 0) is 30.5 Å². The lowest BCUT2D eigenvalue weighted by Gasteiger charge is -2.16. The van der Waals surface area contributed by atoms with Gasteiger partial charge in [-0.2, -0.15) is 0 Å². The Morgan fingerprint density at radius 1 is 1.00 bits per heavy atom. The third-order valence-electron chi connectivity index (χ3n) is 5.11. The Morgan fingerprint density at radius 3 is 2.00 bits per heavy atom. The van der Waals surface area contributed by atoms with Crippen LogP contribution in [0.25, 0.3) is 0 Å². The summed E-state index contributed by atoms with van der Waals surface area (Å²) in [6, 6.07) is 3.46. The fraction of sp³-hybridized carbons (Fsp3) is 0.450. The van der Waals surface area contributed by atoms with Crippen LogP contribution in [0, 0.1) is 11.8 Å². The van der Waals surface area contributed by atoms with E-state index in [-0.39, 0.29) is 36.7 Å². The molecule has 1 aromatic carbocycles. The second kappa shape index (κ2) is 8.33. The number of ether oxygens (including phenoxy) is 3. The standard InChI is InChI=1S/C20H24N2O6/c1-26-15-8-12(9-16(27-2)18(15)28-3)10-21-17(23)11-22-19(24)13-6-4-5-7-14(13)20(22)25/h4-5,8-9,13-14H,6-7,10-11H2,1-3H3,(H,21,23)/t13-,14-/m0/s1. The summed E-state index contributed by atoms with van der Waals surface area (Å²) in [5.41, 5.74) is 0.736. The maximum Gasteiger partial charge on any atom is 0.240 e. The highest BCUT2D eigenvalue weighted by Gasteiger charge is 2.47. The molecule has 1 heterocycles. The van der Waals surface area contributed by atoms with Gasteiger partial charge in [-0.3, -0.25) is 19.3 Å². The molecule has 2 atom stereocenters. The van der Waals surface area contributed by atoms with Gasteiger partial charge in [0.25, 0.3) is 0 Å². The monoisotopic (exact) mass is 388 g/mol. The van der Waals surface area contributed by atoms with Gasteiger partial charge in [-0.1, -0.05) is 12.2 Å². The maximum atomic E-state index is 12.4. The molecule has 1 saturated heterocycles. The Labute approximate surface area is 163 Å². The zero-order chi connectivity index (χ0) is 20.3. The highest BCUT2D eigenvalue weighted by Crippen LogP contribution is 2.38. The molecule has 28 heavy (non-hydrogen) atoms. The Bertz CT molecular complexity index is 768. The van der Waals surface area contributed by atoms with Crippen LogP contribution in [0.3, 0.4) is 0 Å². The number of hydrogen-bond donors (Lipinski definition) is 1. The lowest BCUT2D eigenvalue weighted by atomic mass is 9.85. The summed E-state index contributed by atoms with van der Waals surface area (Å²) in [5.74, 6) is -0.169. The number of nitrogens with zero attached hydrogens (tertiary/aromatic N) is 1. The predicted molar refractivity (Wildman–Crippen MR) is 100 cm³/mol. The molecule has 3 amide bonds. The second-order valence-electron chi connectivity index (χ2n) is 6.73. The summed E-state index contributed by atoms with van der Waals surface area (Å²) in [7, 11) is 4.54.